The molecule has 0 saturated heterocycles. The maximum atomic E-state index is 11.6. The quantitative estimate of drug-likeness (QED) is 0.357. The molecular weight excluding hydrogens is 248 g/mol. The Morgan fingerprint density at radius 2 is 2.28 bits per heavy atom. The Hall–Kier alpha value is -1.71. The van der Waals surface area contributed by atoms with E-state index >= 15 is 0 Å². The largest absolute Gasteiger partial charge is 0.506 e. The molecule has 0 unspecified atom stereocenters. The first-order chi connectivity index (χ1) is 8.67. The van der Waals surface area contributed by atoms with Crippen LogP contribution in [0, 0.1) is 0 Å². The molecule has 18 heavy (non-hydrogen) atoms. The minimum absolute atomic E-state index is 0.0228. The van der Waals surface area contributed by atoms with E-state index < -0.39 is 0 Å². The molecule has 2 N–H and O–H groups in total. The van der Waals surface area contributed by atoms with Crippen molar-refractivity contribution >= 4 is 34.7 Å². The highest BCUT2D eigenvalue weighted by Crippen LogP contribution is 2.28. The average Bonchev–Trinajstić information content (AvgIpc) is 2.33. The number of nitrogens with one attached hydrogen (secondary N) is 1. The van der Waals surface area contributed by atoms with Crippen LogP contribution in [0.4, 0.5) is 11.4 Å². The summed E-state index contributed by atoms with van der Waals surface area (Å²) >= 11 is 4.47. The Morgan fingerprint density at radius 3 is 2.89 bits per heavy atom. The lowest BCUT2D eigenvalue weighted by Gasteiger charge is -2.07. The van der Waals surface area contributed by atoms with Crippen molar-refractivity contribution in [1.82, 2.24) is 0 Å². The molecule has 0 aliphatic heterocycles. The fraction of sp³-hybridized carbons (Fsp3) is 0.385. The second-order valence-corrected chi connectivity index (χ2v) is 4.09. The molecule has 1 aromatic rings. The van der Waals surface area contributed by atoms with Crippen LogP contribution in [0.2, 0.25) is 0 Å². The zero-order chi connectivity index (χ0) is 13.4. The topological polar surface area (TPSA) is 61.7 Å². The number of aliphatic imine (C=N–C) groups is 1. The number of amides is 1. The van der Waals surface area contributed by atoms with E-state index in [1.54, 1.807) is 12.1 Å². The summed E-state index contributed by atoms with van der Waals surface area (Å²) in [7, 11) is 0. The standard InChI is InChI=1S/C13H16N2O2S/c1-2-3-4-5-13(17)15-11-7-6-10(14-9-18)8-12(11)16/h6-8,16H,2-5H2,1H3,(H,15,17). The maximum Gasteiger partial charge on any atom is 0.224 e. The molecule has 1 rings (SSSR count). The predicted octanol–water partition coefficient (Wildman–Crippen LogP) is 3.65. The van der Waals surface area contributed by atoms with Gasteiger partial charge >= 0.3 is 0 Å². The van der Waals surface area contributed by atoms with Gasteiger partial charge in [-0.05, 0) is 30.8 Å². The summed E-state index contributed by atoms with van der Waals surface area (Å²) in [6.45, 7) is 2.08. The molecule has 0 aromatic heterocycles. The molecule has 0 aliphatic rings. The second kappa shape index (κ2) is 7.58. The van der Waals surface area contributed by atoms with E-state index in [0.717, 1.165) is 19.3 Å². The van der Waals surface area contributed by atoms with Crippen LogP contribution in [-0.4, -0.2) is 16.2 Å². The lowest BCUT2D eigenvalue weighted by Crippen LogP contribution is -2.11. The fourth-order valence-corrected chi connectivity index (χ4v) is 1.60. The Balaban J connectivity index is 2.62. The van der Waals surface area contributed by atoms with E-state index in [2.05, 4.69) is 34.6 Å². The number of rotatable bonds is 6. The fourth-order valence-electron chi connectivity index (χ4n) is 1.50. The zero-order valence-corrected chi connectivity index (χ0v) is 11.1. The van der Waals surface area contributed by atoms with Crippen molar-refractivity contribution in [2.75, 3.05) is 5.32 Å². The number of carbonyl (C=O) groups is 1. The predicted molar refractivity (Wildman–Crippen MR) is 75.6 cm³/mol. The molecule has 4 nitrogen and oxygen atoms in total. The van der Waals surface area contributed by atoms with Crippen molar-refractivity contribution in [2.45, 2.75) is 32.6 Å². The summed E-state index contributed by atoms with van der Waals surface area (Å²) in [5.74, 6) is -0.116. The van der Waals surface area contributed by atoms with Crippen LogP contribution >= 0.6 is 12.2 Å². The number of carbonyl (C=O) groups excluding carboxylic acids is 1. The molecule has 0 spiro atoms. The van der Waals surface area contributed by atoms with Gasteiger partial charge in [-0.3, -0.25) is 4.79 Å². The summed E-state index contributed by atoms with van der Waals surface area (Å²) in [4.78, 5) is 15.3. The van der Waals surface area contributed by atoms with Gasteiger partial charge in [0.25, 0.3) is 0 Å². The summed E-state index contributed by atoms with van der Waals surface area (Å²) in [5.41, 5.74) is 0.895. The van der Waals surface area contributed by atoms with E-state index in [0.29, 0.717) is 17.8 Å². The van der Waals surface area contributed by atoms with Crippen LogP contribution in [-0.2, 0) is 4.79 Å². The van der Waals surface area contributed by atoms with Crippen molar-refractivity contribution in [3.8, 4) is 5.75 Å². The second-order valence-electron chi connectivity index (χ2n) is 3.91. The molecule has 0 saturated carbocycles. The van der Waals surface area contributed by atoms with Gasteiger partial charge in [-0.1, -0.05) is 19.8 Å². The zero-order valence-electron chi connectivity index (χ0n) is 10.3. The van der Waals surface area contributed by atoms with E-state index in [1.165, 1.54) is 6.07 Å². The van der Waals surface area contributed by atoms with Crippen molar-refractivity contribution in [1.29, 1.82) is 0 Å². The Labute approximate surface area is 112 Å². The van der Waals surface area contributed by atoms with Crippen molar-refractivity contribution in [2.24, 2.45) is 4.99 Å². The Kier molecular flexibility index (Phi) is 6.05. The van der Waals surface area contributed by atoms with Gasteiger partial charge in [-0.25, -0.2) is 0 Å². The van der Waals surface area contributed by atoms with E-state index in [4.69, 9.17) is 0 Å². The van der Waals surface area contributed by atoms with Crippen LogP contribution in [0.3, 0.4) is 0 Å². The number of isothiocyanates is 1. The normalized spacial score (nSPS) is 9.61. The molecule has 0 radical (unpaired) electrons. The molecular formula is C13H16N2O2S. The van der Waals surface area contributed by atoms with Crippen LogP contribution < -0.4 is 5.32 Å². The summed E-state index contributed by atoms with van der Waals surface area (Å²) in [6, 6.07) is 4.68. The third-order valence-corrected chi connectivity index (χ3v) is 2.53. The molecule has 0 aliphatic carbocycles. The highest BCUT2D eigenvalue weighted by atomic mass is 32.1. The molecule has 1 aromatic carbocycles. The molecule has 5 heteroatoms. The lowest BCUT2D eigenvalue weighted by molar-refractivity contribution is -0.116. The van der Waals surface area contributed by atoms with Crippen LogP contribution in [0.1, 0.15) is 32.6 Å². The van der Waals surface area contributed by atoms with Gasteiger partial charge < -0.3 is 10.4 Å². The Bertz CT molecular complexity index is 468. The highest BCUT2D eigenvalue weighted by molar-refractivity contribution is 7.78. The van der Waals surface area contributed by atoms with Crippen molar-refractivity contribution < 1.29 is 9.90 Å². The number of nitrogens with zero attached hydrogens (tertiary/aromatic N) is 1. The minimum Gasteiger partial charge on any atom is -0.506 e. The van der Waals surface area contributed by atoms with Crippen LogP contribution in [0.5, 0.6) is 5.75 Å². The smallest absolute Gasteiger partial charge is 0.224 e. The number of thiocarbonyl (C=S) groups is 1. The van der Waals surface area contributed by atoms with E-state index in [1.807, 2.05) is 0 Å². The molecule has 96 valence electrons. The SMILES string of the molecule is CCCCCC(=O)Nc1ccc(N=C=S)cc1O. The van der Waals surface area contributed by atoms with Gasteiger partial charge in [0, 0.05) is 12.5 Å². The first-order valence-electron chi connectivity index (χ1n) is 5.88. The van der Waals surface area contributed by atoms with Gasteiger partial charge in [0.1, 0.15) is 5.75 Å². The number of unbranched alkanes of at least 4 members (excludes halogenated alkanes) is 2. The summed E-state index contributed by atoms with van der Waals surface area (Å²) < 4.78 is 0. The number of hydrogen-bond acceptors (Lipinski definition) is 4. The number of phenols is 1. The number of benzene rings is 1. The number of hydrogen-bond donors (Lipinski definition) is 2. The lowest BCUT2D eigenvalue weighted by atomic mass is 10.2. The molecule has 0 bridgehead atoms. The van der Waals surface area contributed by atoms with Gasteiger partial charge in [0.15, 0.2) is 0 Å². The highest BCUT2D eigenvalue weighted by Gasteiger charge is 2.06. The summed E-state index contributed by atoms with van der Waals surface area (Å²) in [6.07, 6.45) is 3.42. The van der Waals surface area contributed by atoms with Gasteiger partial charge in [-0.2, -0.15) is 4.99 Å². The summed E-state index contributed by atoms with van der Waals surface area (Å²) in [5, 5.41) is 14.6. The third-order valence-electron chi connectivity index (χ3n) is 2.44. The Morgan fingerprint density at radius 1 is 1.50 bits per heavy atom. The van der Waals surface area contributed by atoms with Crippen LogP contribution in [0.15, 0.2) is 23.2 Å². The molecule has 0 fully saturated rings. The minimum atomic E-state index is -0.0927. The molecule has 0 atom stereocenters. The first kappa shape index (κ1) is 14.4. The average molecular weight is 264 g/mol. The first-order valence-corrected chi connectivity index (χ1v) is 6.29. The van der Waals surface area contributed by atoms with Crippen molar-refractivity contribution in [3.05, 3.63) is 18.2 Å². The number of anilines is 1. The molecule has 0 heterocycles. The third kappa shape index (κ3) is 4.65. The van der Waals surface area contributed by atoms with Crippen molar-refractivity contribution in [3.63, 3.8) is 0 Å². The number of aromatic hydroxyl groups is 1. The number of phenolic OH excluding ortho intramolecular Hbond substituents is 1. The van der Waals surface area contributed by atoms with Gasteiger partial charge in [0.05, 0.1) is 16.5 Å². The monoisotopic (exact) mass is 264 g/mol. The van der Waals surface area contributed by atoms with Gasteiger partial charge in [-0.15, -0.1) is 0 Å². The maximum absolute atomic E-state index is 11.6. The van der Waals surface area contributed by atoms with E-state index in [-0.39, 0.29) is 11.7 Å². The molecule has 1 amide bonds. The van der Waals surface area contributed by atoms with Gasteiger partial charge in [0.2, 0.25) is 5.91 Å². The van der Waals surface area contributed by atoms with Crippen LogP contribution in [0.25, 0.3) is 0 Å². The van der Waals surface area contributed by atoms with E-state index in [9.17, 15) is 9.90 Å².